The smallest absolute Gasteiger partial charge is 0.243 e. The SMILES string of the molecule is CN(C)C(=O)CN=C(NC1CCOCC1)N1CCC(C2CC2)C1. The average molecular weight is 322 g/mol. The van der Waals surface area contributed by atoms with Crippen LogP contribution < -0.4 is 5.32 Å². The van der Waals surface area contributed by atoms with Gasteiger partial charge in [0.15, 0.2) is 5.96 Å². The molecule has 2 saturated heterocycles. The van der Waals surface area contributed by atoms with E-state index in [1.165, 1.54) is 19.3 Å². The average Bonchev–Trinajstić information content (AvgIpc) is 3.29. The molecule has 0 aromatic heterocycles. The quantitative estimate of drug-likeness (QED) is 0.618. The number of hydrogen-bond acceptors (Lipinski definition) is 3. The van der Waals surface area contributed by atoms with Crippen molar-refractivity contribution in [1.29, 1.82) is 0 Å². The monoisotopic (exact) mass is 322 g/mol. The van der Waals surface area contributed by atoms with Crippen molar-refractivity contribution in [3.8, 4) is 0 Å². The molecule has 1 amide bonds. The van der Waals surface area contributed by atoms with Crippen LogP contribution in [0.4, 0.5) is 0 Å². The van der Waals surface area contributed by atoms with Crippen LogP contribution in [0.25, 0.3) is 0 Å². The van der Waals surface area contributed by atoms with Gasteiger partial charge in [0.2, 0.25) is 5.91 Å². The van der Waals surface area contributed by atoms with Gasteiger partial charge in [-0.15, -0.1) is 0 Å². The number of likely N-dealkylation sites (N-methyl/N-ethyl adjacent to an activating group) is 1. The van der Waals surface area contributed by atoms with Crippen molar-refractivity contribution in [1.82, 2.24) is 15.1 Å². The number of amides is 1. The predicted molar refractivity (Wildman–Crippen MR) is 90.4 cm³/mol. The summed E-state index contributed by atoms with van der Waals surface area (Å²) < 4.78 is 5.44. The summed E-state index contributed by atoms with van der Waals surface area (Å²) in [7, 11) is 3.56. The van der Waals surface area contributed by atoms with Crippen molar-refractivity contribution < 1.29 is 9.53 Å². The Kier molecular flexibility index (Phi) is 5.41. The Morgan fingerprint density at radius 3 is 2.57 bits per heavy atom. The summed E-state index contributed by atoms with van der Waals surface area (Å²) in [4.78, 5) is 20.5. The third kappa shape index (κ3) is 4.59. The van der Waals surface area contributed by atoms with Crippen LogP contribution in [0.5, 0.6) is 0 Å². The molecule has 3 rings (SSSR count). The molecule has 1 atom stereocenters. The van der Waals surface area contributed by atoms with Crippen molar-refractivity contribution in [2.75, 3.05) is 46.9 Å². The van der Waals surface area contributed by atoms with Crippen molar-refractivity contribution in [3.05, 3.63) is 0 Å². The van der Waals surface area contributed by atoms with Gasteiger partial charge in [-0.1, -0.05) is 0 Å². The zero-order valence-electron chi connectivity index (χ0n) is 14.5. The molecule has 130 valence electrons. The summed E-state index contributed by atoms with van der Waals surface area (Å²) >= 11 is 0. The van der Waals surface area contributed by atoms with Gasteiger partial charge in [-0.3, -0.25) is 4.79 Å². The van der Waals surface area contributed by atoms with Gasteiger partial charge in [0.1, 0.15) is 6.54 Å². The molecule has 0 bridgehead atoms. The van der Waals surface area contributed by atoms with E-state index in [1.807, 2.05) is 0 Å². The minimum Gasteiger partial charge on any atom is -0.381 e. The summed E-state index contributed by atoms with van der Waals surface area (Å²) in [6, 6.07) is 0.414. The van der Waals surface area contributed by atoms with Crippen molar-refractivity contribution in [2.24, 2.45) is 16.8 Å². The van der Waals surface area contributed by atoms with E-state index in [4.69, 9.17) is 4.74 Å². The van der Waals surface area contributed by atoms with Gasteiger partial charge in [0, 0.05) is 46.4 Å². The topological polar surface area (TPSA) is 57.2 Å². The molecule has 1 unspecified atom stereocenters. The fourth-order valence-electron chi connectivity index (χ4n) is 3.48. The second kappa shape index (κ2) is 7.51. The van der Waals surface area contributed by atoms with Crippen LogP contribution in [-0.2, 0) is 9.53 Å². The van der Waals surface area contributed by atoms with Gasteiger partial charge in [0.05, 0.1) is 0 Å². The van der Waals surface area contributed by atoms with E-state index in [1.54, 1.807) is 19.0 Å². The highest BCUT2D eigenvalue weighted by Gasteiger charge is 2.37. The number of rotatable bonds is 4. The van der Waals surface area contributed by atoms with Gasteiger partial charge in [-0.05, 0) is 43.9 Å². The van der Waals surface area contributed by atoms with Crippen LogP contribution in [0, 0.1) is 11.8 Å². The van der Waals surface area contributed by atoms with E-state index in [9.17, 15) is 4.79 Å². The maximum atomic E-state index is 11.9. The Morgan fingerprint density at radius 1 is 1.17 bits per heavy atom. The van der Waals surface area contributed by atoms with Crippen LogP contribution in [0.1, 0.15) is 32.1 Å². The van der Waals surface area contributed by atoms with Crippen molar-refractivity contribution in [2.45, 2.75) is 38.1 Å². The highest BCUT2D eigenvalue weighted by atomic mass is 16.5. The lowest BCUT2D eigenvalue weighted by Crippen LogP contribution is -2.47. The van der Waals surface area contributed by atoms with E-state index in [0.29, 0.717) is 6.04 Å². The Labute approximate surface area is 139 Å². The van der Waals surface area contributed by atoms with E-state index in [0.717, 1.165) is 56.9 Å². The number of likely N-dealkylation sites (tertiary alicyclic amines) is 1. The van der Waals surface area contributed by atoms with Gasteiger partial charge in [-0.2, -0.15) is 0 Å². The van der Waals surface area contributed by atoms with E-state index < -0.39 is 0 Å². The first-order valence-electron chi connectivity index (χ1n) is 8.97. The molecule has 23 heavy (non-hydrogen) atoms. The summed E-state index contributed by atoms with van der Waals surface area (Å²) in [5, 5.41) is 3.60. The van der Waals surface area contributed by atoms with E-state index >= 15 is 0 Å². The Bertz CT molecular complexity index is 442. The molecule has 2 heterocycles. The molecule has 0 spiro atoms. The Morgan fingerprint density at radius 2 is 1.91 bits per heavy atom. The zero-order valence-corrected chi connectivity index (χ0v) is 14.5. The lowest BCUT2D eigenvalue weighted by molar-refractivity contribution is -0.127. The highest BCUT2D eigenvalue weighted by Crippen LogP contribution is 2.41. The molecule has 1 N–H and O–H groups in total. The maximum Gasteiger partial charge on any atom is 0.243 e. The number of carbonyl (C=O) groups is 1. The second-order valence-electron chi connectivity index (χ2n) is 7.29. The van der Waals surface area contributed by atoms with Crippen LogP contribution in [0.3, 0.4) is 0 Å². The Hall–Kier alpha value is -1.30. The first-order valence-corrected chi connectivity index (χ1v) is 8.97. The van der Waals surface area contributed by atoms with Crippen molar-refractivity contribution in [3.63, 3.8) is 0 Å². The summed E-state index contributed by atoms with van der Waals surface area (Å²) in [5.74, 6) is 2.73. The van der Waals surface area contributed by atoms with Crippen LogP contribution in [0.15, 0.2) is 4.99 Å². The molecule has 6 nitrogen and oxygen atoms in total. The number of nitrogens with zero attached hydrogens (tertiary/aromatic N) is 3. The highest BCUT2D eigenvalue weighted by molar-refractivity contribution is 5.85. The van der Waals surface area contributed by atoms with E-state index in [2.05, 4.69) is 15.2 Å². The fourth-order valence-corrected chi connectivity index (χ4v) is 3.48. The number of ether oxygens (including phenoxy) is 1. The largest absolute Gasteiger partial charge is 0.381 e. The molecule has 2 aliphatic heterocycles. The first-order chi connectivity index (χ1) is 11.1. The lowest BCUT2D eigenvalue weighted by atomic mass is 10.0. The standard InChI is InChI=1S/C17H30N4O2/c1-20(2)16(22)11-18-17(19-15-6-9-23-10-7-15)21-8-5-14(12-21)13-3-4-13/h13-15H,3-12H2,1-2H3,(H,18,19). The minimum absolute atomic E-state index is 0.0502. The molecule has 0 radical (unpaired) electrons. The summed E-state index contributed by atoms with van der Waals surface area (Å²) in [5.41, 5.74) is 0. The minimum atomic E-state index is 0.0502. The maximum absolute atomic E-state index is 11.9. The Balaban J connectivity index is 1.62. The number of nitrogens with one attached hydrogen (secondary N) is 1. The zero-order chi connectivity index (χ0) is 16.2. The van der Waals surface area contributed by atoms with Gasteiger partial charge in [0.25, 0.3) is 0 Å². The van der Waals surface area contributed by atoms with Crippen LogP contribution >= 0.6 is 0 Å². The van der Waals surface area contributed by atoms with Gasteiger partial charge >= 0.3 is 0 Å². The number of guanidine groups is 1. The number of aliphatic imine (C=N–C) groups is 1. The van der Waals surface area contributed by atoms with E-state index in [-0.39, 0.29) is 12.5 Å². The molecule has 0 aromatic rings. The fraction of sp³-hybridized carbons (Fsp3) is 0.882. The number of carbonyl (C=O) groups excluding carboxylic acids is 1. The van der Waals surface area contributed by atoms with Crippen molar-refractivity contribution >= 4 is 11.9 Å². The van der Waals surface area contributed by atoms with Gasteiger partial charge in [-0.25, -0.2) is 4.99 Å². The molecular weight excluding hydrogens is 292 g/mol. The normalized spacial score (nSPS) is 26.4. The molecule has 1 saturated carbocycles. The molecule has 1 aliphatic carbocycles. The summed E-state index contributed by atoms with van der Waals surface area (Å²) in [6.45, 7) is 4.00. The third-order valence-electron chi connectivity index (χ3n) is 5.23. The van der Waals surface area contributed by atoms with Crippen LogP contribution in [-0.4, -0.2) is 74.7 Å². The second-order valence-corrected chi connectivity index (χ2v) is 7.29. The molecule has 0 aromatic carbocycles. The molecule has 6 heteroatoms. The number of hydrogen-bond donors (Lipinski definition) is 1. The third-order valence-corrected chi connectivity index (χ3v) is 5.23. The van der Waals surface area contributed by atoms with Gasteiger partial charge < -0.3 is 19.9 Å². The lowest BCUT2D eigenvalue weighted by Gasteiger charge is -2.29. The molecular formula is C17H30N4O2. The predicted octanol–water partition coefficient (Wildman–Crippen LogP) is 0.931. The van der Waals surface area contributed by atoms with Crippen LogP contribution in [0.2, 0.25) is 0 Å². The molecule has 3 aliphatic rings. The first kappa shape index (κ1) is 16.6. The molecule has 3 fully saturated rings. The summed E-state index contributed by atoms with van der Waals surface area (Å²) in [6.07, 6.45) is 6.09.